The average Bonchev–Trinajstić information content (AvgIpc) is 2.59. The molecule has 0 saturated carbocycles. The van der Waals surface area contributed by atoms with E-state index >= 15 is 0 Å². The van der Waals surface area contributed by atoms with Crippen LogP contribution in [-0.2, 0) is 14.3 Å². The highest BCUT2D eigenvalue weighted by Crippen LogP contribution is 2.22. The Morgan fingerprint density at radius 1 is 1.04 bits per heavy atom. The van der Waals surface area contributed by atoms with Gasteiger partial charge in [0.15, 0.2) is 0 Å². The number of hydrogen-bond donors (Lipinski definition) is 0. The van der Waals surface area contributed by atoms with Gasteiger partial charge < -0.3 is 14.5 Å². The highest BCUT2D eigenvalue weighted by molar-refractivity contribution is 6.36. The molecule has 0 bridgehead atoms. The van der Waals surface area contributed by atoms with Gasteiger partial charge in [-0.1, -0.05) is 23.2 Å². The Bertz CT molecular complexity index is 643. The molecule has 1 aliphatic rings. The Hall–Kier alpha value is -1.79. The van der Waals surface area contributed by atoms with Gasteiger partial charge in [0, 0.05) is 37.6 Å². The number of methoxy groups -OCH3 is 1. The van der Waals surface area contributed by atoms with Crippen molar-refractivity contribution in [2.24, 2.45) is 0 Å². The van der Waals surface area contributed by atoms with E-state index in [0.29, 0.717) is 41.8 Å². The molecule has 0 unspecified atom stereocenters. The number of carbonyl (C=O) groups is 3. The fourth-order valence-corrected chi connectivity index (χ4v) is 2.95. The van der Waals surface area contributed by atoms with E-state index in [0.717, 1.165) is 0 Å². The maximum atomic E-state index is 12.5. The van der Waals surface area contributed by atoms with Crippen LogP contribution >= 0.6 is 23.2 Å². The second-order valence-corrected chi connectivity index (χ2v) is 6.22. The molecule has 6 nitrogen and oxygen atoms in total. The van der Waals surface area contributed by atoms with E-state index in [1.54, 1.807) is 21.9 Å². The lowest BCUT2D eigenvalue weighted by molar-refractivity contribution is -0.143. The molecule has 24 heavy (non-hydrogen) atoms. The summed E-state index contributed by atoms with van der Waals surface area (Å²) in [5.74, 6) is -0.704. The summed E-state index contributed by atoms with van der Waals surface area (Å²) in [6, 6.07) is 4.75. The van der Waals surface area contributed by atoms with Gasteiger partial charge in [-0.15, -0.1) is 0 Å². The first-order valence-corrected chi connectivity index (χ1v) is 8.27. The SMILES string of the molecule is COC(=O)CCC(=O)N1CCN(C(=O)c2ccc(Cl)cc2Cl)CC1. The number of ether oxygens (including phenoxy) is 1. The third-order valence-electron chi connectivity index (χ3n) is 3.85. The van der Waals surface area contributed by atoms with Gasteiger partial charge in [-0.2, -0.15) is 0 Å². The normalized spacial score (nSPS) is 14.5. The van der Waals surface area contributed by atoms with Crippen molar-refractivity contribution in [1.82, 2.24) is 9.80 Å². The first-order valence-electron chi connectivity index (χ1n) is 7.51. The van der Waals surface area contributed by atoms with Crippen molar-refractivity contribution in [2.45, 2.75) is 12.8 Å². The predicted octanol–water partition coefficient (Wildman–Crippen LogP) is 2.23. The van der Waals surface area contributed by atoms with Crippen LogP contribution in [0.4, 0.5) is 0 Å². The summed E-state index contributed by atoms with van der Waals surface area (Å²) in [5, 5.41) is 0.779. The minimum atomic E-state index is -0.408. The van der Waals surface area contributed by atoms with Crippen molar-refractivity contribution < 1.29 is 19.1 Å². The van der Waals surface area contributed by atoms with Gasteiger partial charge in [-0.05, 0) is 18.2 Å². The van der Waals surface area contributed by atoms with Gasteiger partial charge in [0.1, 0.15) is 0 Å². The molecule has 0 aromatic heterocycles. The van der Waals surface area contributed by atoms with Crippen LogP contribution in [0.2, 0.25) is 10.0 Å². The van der Waals surface area contributed by atoms with Crippen LogP contribution in [0.25, 0.3) is 0 Å². The average molecular weight is 373 g/mol. The van der Waals surface area contributed by atoms with Crippen molar-refractivity contribution in [3.05, 3.63) is 33.8 Å². The van der Waals surface area contributed by atoms with Crippen molar-refractivity contribution in [3.63, 3.8) is 0 Å². The van der Waals surface area contributed by atoms with Crippen LogP contribution in [0.1, 0.15) is 23.2 Å². The zero-order valence-corrected chi connectivity index (χ0v) is 14.8. The van der Waals surface area contributed by atoms with Crippen molar-refractivity contribution >= 4 is 41.0 Å². The summed E-state index contributed by atoms with van der Waals surface area (Å²) in [7, 11) is 1.29. The molecule has 1 aliphatic heterocycles. The highest BCUT2D eigenvalue weighted by atomic mass is 35.5. The van der Waals surface area contributed by atoms with E-state index in [1.807, 2.05) is 0 Å². The molecule has 2 amide bonds. The summed E-state index contributed by atoms with van der Waals surface area (Å²) in [4.78, 5) is 38.9. The van der Waals surface area contributed by atoms with Gasteiger partial charge in [0.2, 0.25) is 5.91 Å². The molecule has 1 heterocycles. The molecule has 2 rings (SSSR count). The monoisotopic (exact) mass is 372 g/mol. The molecule has 1 fully saturated rings. The molecule has 1 aromatic carbocycles. The summed E-state index contributed by atoms with van der Waals surface area (Å²) < 4.78 is 4.52. The van der Waals surface area contributed by atoms with Crippen LogP contribution < -0.4 is 0 Å². The van der Waals surface area contributed by atoms with Crippen molar-refractivity contribution in [1.29, 1.82) is 0 Å². The number of carbonyl (C=O) groups excluding carboxylic acids is 3. The van der Waals surface area contributed by atoms with Crippen LogP contribution in [-0.4, -0.2) is 60.9 Å². The fraction of sp³-hybridized carbons (Fsp3) is 0.438. The predicted molar refractivity (Wildman–Crippen MR) is 90.2 cm³/mol. The van der Waals surface area contributed by atoms with Crippen molar-refractivity contribution in [2.75, 3.05) is 33.3 Å². The van der Waals surface area contributed by atoms with Crippen molar-refractivity contribution in [3.8, 4) is 0 Å². The molecule has 1 saturated heterocycles. The summed E-state index contributed by atoms with van der Waals surface area (Å²) >= 11 is 11.9. The lowest BCUT2D eigenvalue weighted by Gasteiger charge is -2.35. The topological polar surface area (TPSA) is 66.9 Å². The quantitative estimate of drug-likeness (QED) is 0.760. The van der Waals surface area contributed by atoms with Gasteiger partial charge in [-0.3, -0.25) is 14.4 Å². The highest BCUT2D eigenvalue weighted by Gasteiger charge is 2.26. The lowest BCUT2D eigenvalue weighted by Crippen LogP contribution is -2.50. The van der Waals surface area contributed by atoms with E-state index in [9.17, 15) is 14.4 Å². The molecule has 8 heteroatoms. The molecule has 130 valence electrons. The number of benzene rings is 1. The second-order valence-electron chi connectivity index (χ2n) is 5.37. The van der Waals surface area contributed by atoms with E-state index < -0.39 is 5.97 Å². The molecular formula is C16H18Cl2N2O4. The number of rotatable bonds is 4. The zero-order chi connectivity index (χ0) is 17.7. The van der Waals surface area contributed by atoms with Gasteiger partial charge in [0.25, 0.3) is 5.91 Å². The van der Waals surface area contributed by atoms with Crippen LogP contribution in [0.5, 0.6) is 0 Å². The lowest BCUT2D eigenvalue weighted by atomic mass is 10.1. The van der Waals surface area contributed by atoms with Gasteiger partial charge in [0.05, 0.1) is 24.1 Å². The Morgan fingerprint density at radius 3 is 2.25 bits per heavy atom. The number of hydrogen-bond acceptors (Lipinski definition) is 4. The molecule has 0 radical (unpaired) electrons. The van der Waals surface area contributed by atoms with E-state index in [-0.39, 0.29) is 24.7 Å². The first-order chi connectivity index (χ1) is 11.4. The second kappa shape index (κ2) is 8.35. The number of piperazine rings is 1. The largest absolute Gasteiger partial charge is 0.469 e. The Balaban J connectivity index is 1.89. The standard InChI is InChI=1S/C16H18Cl2N2O4/c1-24-15(22)5-4-14(21)19-6-8-20(9-7-19)16(23)12-3-2-11(17)10-13(12)18/h2-3,10H,4-9H2,1H3. The third-order valence-corrected chi connectivity index (χ3v) is 4.40. The molecule has 0 spiro atoms. The van der Waals surface area contributed by atoms with Gasteiger partial charge >= 0.3 is 5.97 Å². The molecule has 1 aromatic rings. The Kier molecular flexibility index (Phi) is 6.45. The smallest absolute Gasteiger partial charge is 0.306 e. The van der Waals surface area contributed by atoms with E-state index in [2.05, 4.69) is 4.74 Å². The minimum Gasteiger partial charge on any atom is -0.469 e. The molecule has 0 atom stereocenters. The number of halogens is 2. The molecule has 0 N–H and O–H groups in total. The zero-order valence-electron chi connectivity index (χ0n) is 13.3. The maximum absolute atomic E-state index is 12.5. The van der Waals surface area contributed by atoms with Crippen LogP contribution in [0.15, 0.2) is 18.2 Å². The molecule has 0 aliphatic carbocycles. The number of nitrogens with zero attached hydrogens (tertiary/aromatic N) is 2. The van der Waals surface area contributed by atoms with Gasteiger partial charge in [-0.25, -0.2) is 0 Å². The van der Waals surface area contributed by atoms with E-state index in [1.165, 1.54) is 13.2 Å². The number of amides is 2. The van der Waals surface area contributed by atoms with Crippen LogP contribution in [0.3, 0.4) is 0 Å². The minimum absolute atomic E-state index is 0.0643. The summed E-state index contributed by atoms with van der Waals surface area (Å²) in [6.07, 6.45) is 0.179. The molecular weight excluding hydrogens is 355 g/mol. The number of esters is 1. The fourth-order valence-electron chi connectivity index (χ4n) is 2.46. The Morgan fingerprint density at radius 2 is 1.67 bits per heavy atom. The van der Waals surface area contributed by atoms with E-state index in [4.69, 9.17) is 23.2 Å². The first kappa shape index (κ1) is 18.5. The Labute approximate surface area is 150 Å². The van der Waals surface area contributed by atoms with Crippen LogP contribution in [0, 0.1) is 0 Å². The third kappa shape index (κ3) is 4.61. The maximum Gasteiger partial charge on any atom is 0.306 e. The summed E-state index contributed by atoms with van der Waals surface area (Å²) in [6.45, 7) is 1.69. The summed E-state index contributed by atoms with van der Waals surface area (Å²) in [5.41, 5.74) is 0.395.